The fourth-order valence-electron chi connectivity index (χ4n) is 5.49. The summed E-state index contributed by atoms with van der Waals surface area (Å²) in [5, 5.41) is 0. The summed E-state index contributed by atoms with van der Waals surface area (Å²) in [4.78, 5) is 2.64. The zero-order chi connectivity index (χ0) is 15.2. The molecular formula is C20H30BrNO. The molecule has 0 unspecified atom stereocenters. The summed E-state index contributed by atoms with van der Waals surface area (Å²) in [7, 11) is 2.34. The summed E-state index contributed by atoms with van der Waals surface area (Å²) in [5.74, 6) is 1.96. The van der Waals surface area contributed by atoms with Crippen LogP contribution in [0.3, 0.4) is 0 Å². The zero-order valence-electron chi connectivity index (χ0n) is 14.5. The predicted molar refractivity (Wildman–Crippen MR) is 101 cm³/mol. The fourth-order valence-corrected chi connectivity index (χ4v) is 5.49. The third-order valence-corrected chi connectivity index (χ3v) is 6.56. The van der Waals surface area contributed by atoms with Crippen molar-refractivity contribution in [3.05, 3.63) is 29.3 Å². The molecular weight excluding hydrogens is 350 g/mol. The largest absolute Gasteiger partial charge is 0.494 e. The van der Waals surface area contributed by atoms with Crippen LogP contribution in [0.25, 0.3) is 0 Å². The lowest BCUT2D eigenvalue weighted by molar-refractivity contribution is 0.00271. The van der Waals surface area contributed by atoms with Gasteiger partial charge in [0.15, 0.2) is 0 Å². The Morgan fingerprint density at radius 2 is 2.13 bits per heavy atom. The van der Waals surface area contributed by atoms with E-state index in [1.54, 1.807) is 11.1 Å². The lowest BCUT2D eigenvalue weighted by Gasteiger charge is -2.58. The average Bonchev–Trinajstić information content (AvgIpc) is 2.56. The molecule has 128 valence electrons. The van der Waals surface area contributed by atoms with Crippen LogP contribution in [-0.2, 0) is 11.8 Å². The number of ether oxygens (including phenoxy) is 1. The highest BCUT2D eigenvalue weighted by molar-refractivity contribution is 8.93. The van der Waals surface area contributed by atoms with Crippen LogP contribution in [0.4, 0.5) is 0 Å². The van der Waals surface area contributed by atoms with Gasteiger partial charge >= 0.3 is 0 Å². The Morgan fingerprint density at radius 1 is 1.26 bits per heavy atom. The molecule has 3 heteroatoms. The molecule has 0 radical (unpaired) electrons. The number of fused-ring (bicyclic) bond motifs is 1. The molecule has 3 atom stereocenters. The molecule has 1 heterocycles. The Labute approximate surface area is 151 Å². The third kappa shape index (κ3) is 2.74. The van der Waals surface area contributed by atoms with Crippen molar-refractivity contribution in [2.75, 3.05) is 20.2 Å². The minimum Gasteiger partial charge on any atom is -0.494 e. The van der Waals surface area contributed by atoms with Gasteiger partial charge in [0.2, 0.25) is 0 Å². The Morgan fingerprint density at radius 3 is 2.96 bits per heavy atom. The van der Waals surface area contributed by atoms with Crippen molar-refractivity contribution in [3.8, 4) is 5.75 Å². The number of nitrogens with zero attached hydrogens (tertiary/aromatic N) is 1. The van der Waals surface area contributed by atoms with Gasteiger partial charge < -0.3 is 9.64 Å². The monoisotopic (exact) mass is 379 g/mol. The number of halogens is 1. The van der Waals surface area contributed by atoms with Gasteiger partial charge in [0, 0.05) is 11.5 Å². The molecule has 2 bridgehead atoms. The van der Waals surface area contributed by atoms with E-state index < -0.39 is 0 Å². The number of hydrogen-bond donors (Lipinski definition) is 0. The molecule has 1 aliphatic heterocycles. The van der Waals surface area contributed by atoms with E-state index in [9.17, 15) is 0 Å². The second kappa shape index (κ2) is 6.76. The molecule has 2 fully saturated rings. The van der Waals surface area contributed by atoms with Gasteiger partial charge in [0.25, 0.3) is 0 Å². The van der Waals surface area contributed by atoms with Gasteiger partial charge in [-0.1, -0.05) is 25.8 Å². The van der Waals surface area contributed by atoms with E-state index in [2.05, 4.69) is 37.1 Å². The second-order valence-electron chi connectivity index (χ2n) is 7.68. The Balaban J connectivity index is 0.00000156. The SMILES string of the molecule is Br.CCCOc1ccc2c(c1)[C@]13CCCC[C@H]1[C@H](C2)N(C)CC3. The van der Waals surface area contributed by atoms with E-state index >= 15 is 0 Å². The van der Waals surface area contributed by atoms with E-state index in [1.165, 1.54) is 45.1 Å². The average molecular weight is 380 g/mol. The van der Waals surface area contributed by atoms with Crippen LogP contribution in [0.1, 0.15) is 56.6 Å². The van der Waals surface area contributed by atoms with E-state index in [-0.39, 0.29) is 17.0 Å². The predicted octanol–water partition coefficient (Wildman–Crippen LogP) is 4.74. The lowest BCUT2D eigenvalue weighted by Crippen LogP contribution is -2.59. The van der Waals surface area contributed by atoms with Crippen LogP contribution in [-0.4, -0.2) is 31.1 Å². The highest BCUT2D eigenvalue weighted by Crippen LogP contribution is 2.55. The van der Waals surface area contributed by atoms with Gasteiger partial charge in [0.05, 0.1) is 6.61 Å². The molecule has 3 aliphatic rings. The lowest BCUT2D eigenvalue weighted by atomic mass is 9.52. The van der Waals surface area contributed by atoms with E-state index in [0.29, 0.717) is 5.41 Å². The fraction of sp³-hybridized carbons (Fsp3) is 0.700. The van der Waals surface area contributed by atoms with Crippen LogP contribution in [0, 0.1) is 5.92 Å². The number of likely N-dealkylation sites (tertiary alicyclic amines) is 1. The third-order valence-electron chi connectivity index (χ3n) is 6.56. The number of piperidine rings is 1. The smallest absolute Gasteiger partial charge is 0.119 e. The summed E-state index contributed by atoms with van der Waals surface area (Å²) < 4.78 is 5.95. The topological polar surface area (TPSA) is 12.5 Å². The summed E-state index contributed by atoms with van der Waals surface area (Å²) in [6.07, 6.45) is 9.32. The van der Waals surface area contributed by atoms with Crippen molar-refractivity contribution in [1.29, 1.82) is 0 Å². The molecule has 4 rings (SSSR count). The van der Waals surface area contributed by atoms with Gasteiger partial charge in [-0.2, -0.15) is 0 Å². The first-order valence-corrected chi connectivity index (χ1v) is 9.21. The first-order valence-electron chi connectivity index (χ1n) is 9.21. The van der Waals surface area contributed by atoms with Crippen molar-refractivity contribution in [3.63, 3.8) is 0 Å². The van der Waals surface area contributed by atoms with Crippen LogP contribution >= 0.6 is 17.0 Å². The minimum absolute atomic E-state index is 0. The first-order chi connectivity index (χ1) is 10.7. The Bertz CT molecular complexity index is 561. The minimum atomic E-state index is 0. The van der Waals surface area contributed by atoms with Crippen LogP contribution < -0.4 is 4.74 Å². The van der Waals surface area contributed by atoms with Crippen LogP contribution in [0.5, 0.6) is 5.75 Å². The summed E-state index contributed by atoms with van der Waals surface area (Å²) >= 11 is 0. The summed E-state index contributed by atoms with van der Waals surface area (Å²) in [6.45, 7) is 4.27. The highest BCUT2D eigenvalue weighted by atomic mass is 79.9. The van der Waals surface area contributed by atoms with Gasteiger partial charge in [-0.05, 0) is 74.9 Å². The van der Waals surface area contributed by atoms with Crippen molar-refractivity contribution >= 4 is 17.0 Å². The van der Waals surface area contributed by atoms with Crippen molar-refractivity contribution in [1.82, 2.24) is 4.90 Å². The van der Waals surface area contributed by atoms with Gasteiger partial charge in [-0.3, -0.25) is 0 Å². The molecule has 2 aliphatic carbocycles. The second-order valence-corrected chi connectivity index (χ2v) is 7.68. The molecule has 2 nitrogen and oxygen atoms in total. The Hall–Kier alpha value is -0.540. The number of benzene rings is 1. The van der Waals surface area contributed by atoms with Crippen molar-refractivity contribution in [2.45, 2.75) is 63.3 Å². The molecule has 1 saturated heterocycles. The Kier molecular flexibility index (Phi) is 5.08. The van der Waals surface area contributed by atoms with E-state index in [4.69, 9.17) is 4.74 Å². The number of likely N-dealkylation sites (N-methyl/N-ethyl adjacent to an activating group) is 1. The van der Waals surface area contributed by atoms with Crippen molar-refractivity contribution < 1.29 is 4.74 Å². The molecule has 1 aromatic rings. The maximum atomic E-state index is 5.95. The van der Waals surface area contributed by atoms with E-state index in [1.807, 2.05) is 0 Å². The maximum Gasteiger partial charge on any atom is 0.119 e. The number of rotatable bonds is 3. The van der Waals surface area contributed by atoms with E-state index in [0.717, 1.165) is 30.7 Å². The normalized spacial score (nSPS) is 32.4. The van der Waals surface area contributed by atoms with Crippen molar-refractivity contribution in [2.24, 2.45) is 5.92 Å². The van der Waals surface area contributed by atoms with Gasteiger partial charge in [-0.15, -0.1) is 17.0 Å². The number of hydrogen-bond acceptors (Lipinski definition) is 2. The standard InChI is InChI=1S/C20H29NO.BrH/c1-3-12-22-16-8-7-15-13-19-17-6-4-5-9-20(17,18(15)14-16)10-11-21(19)2;/h7-8,14,17,19H,3-6,9-13H2,1-2H3;1H/t17-,19-,20-;/m0./s1. The maximum absolute atomic E-state index is 5.95. The van der Waals surface area contributed by atoms with Gasteiger partial charge in [0.1, 0.15) is 5.75 Å². The van der Waals surface area contributed by atoms with Crippen LogP contribution in [0.15, 0.2) is 18.2 Å². The molecule has 0 spiro atoms. The molecule has 23 heavy (non-hydrogen) atoms. The van der Waals surface area contributed by atoms with Gasteiger partial charge in [-0.25, -0.2) is 0 Å². The molecule has 1 aromatic carbocycles. The molecule has 0 N–H and O–H groups in total. The molecule has 1 saturated carbocycles. The quantitative estimate of drug-likeness (QED) is 0.751. The summed E-state index contributed by atoms with van der Waals surface area (Å²) in [6, 6.07) is 7.73. The summed E-state index contributed by atoms with van der Waals surface area (Å²) in [5.41, 5.74) is 3.70. The highest BCUT2D eigenvalue weighted by Gasteiger charge is 2.53. The zero-order valence-corrected chi connectivity index (χ0v) is 16.2. The first kappa shape index (κ1) is 17.3. The molecule has 0 aromatic heterocycles. The van der Waals surface area contributed by atoms with Crippen LogP contribution in [0.2, 0.25) is 0 Å². The molecule has 0 amide bonds.